The molecule has 2 heteroatoms. The van der Waals surface area contributed by atoms with Crippen molar-refractivity contribution in [2.45, 2.75) is 77.8 Å². The Labute approximate surface area is 120 Å². The molecule has 2 aliphatic heterocycles. The Morgan fingerprint density at radius 1 is 1.16 bits per heavy atom. The first kappa shape index (κ1) is 15.3. The van der Waals surface area contributed by atoms with Crippen LogP contribution < -0.4 is 5.32 Å². The Morgan fingerprint density at radius 3 is 2.68 bits per heavy atom. The van der Waals surface area contributed by atoms with Gasteiger partial charge in [0, 0.05) is 18.6 Å². The van der Waals surface area contributed by atoms with Crippen LogP contribution in [0.1, 0.15) is 65.7 Å². The second-order valence-electron chi connectivity index (χ2n) is 6.76. The molecule has 0 bridgehead atoms. The van der Waals surface area contributed by atoms with Gasteiger partial charge >= 0.3 is 0 Å². The van der Waals surface area contributed by atoms with Gasteiger partial charge in [-0.25, -0.2) is 0 Å². The molecule has 2 fully saturated rings. The average molecular weight is 266 g/mol. The number of nitrogens with zero attached hydrogens (tertiary/aromatic N) is 1. The van der Waals surface area contributed by atoms with Gasteiger partial charge in [0.15, 0.2) is 0 Å². The Hall–Kier alpha value is -0.0800. The summed E-state index contributed by atoms with van der Waals surface area (Å²) in [6.07, 6.45) is 9.79. The molecule has 2 saturated heterocycles. The van der Waals surface area contributed by atoms with Crippen LogP contribution in [0.2, 0.25) is 0 Å². The van der Waals surface area contributed by atoms with E-state index in [0.717, 1.165) is 23.9 Å². The third kappa shape index (κ3) is 3.72. The van der Waals surface area contributed by atoms with Crippen LogP contribution in [0.15, 0.2) is 0 Å². The lowest BCUT2D eigenvalue weighted by molar-refractivity contribution is -0.0528. The molecule has 0 aliphatic carbocycles. The summed E-state index contributed by atoms with van der Waals surface area (Å²) in [4.78, 5) is 2.80. The van der Waals surface area contributed by atoms with Crippen molar-refractivity contribution in [1.82, 2.24) is 10.2 Å². The molecule has 1 N–H and O–H groups in total. The second kappa shape index (κ2) is 7.64. The third-order valence-corrected chi connectivity index (χ3v) is 5.64. The zero-order chi connectivity index (χ0) is 13.7. The fraction of sp³-hybridized carbons (Fsp3) is 1.00. The van der Waals surface area contributed by atoms with Gasteiger partial charge in [-0.1, -0.05) is 39.5 Å². The van der Waals surface area contributed by atoms with E-state index in [9.17, 15) is 0 Å². The summed E-state index contributed by atoms with van der Waals surface area (Å²) < 4.78 is 0. The molecule has 2 nitrogen and oxygen atoms in total. The fourth-order valence-electron chi connectivity index (χ4n) is 4.04. The number of hydrogen-bond donors (Lipinski definition) is 1. The predicted molar refractivity (Wildman–Crippen MR) is 83.5 cm³/mol. The first-order chi connectivity index (χ1) is 9.27. The molecule has 4 unspecified atom stereocenters. The van der Waals surface area contributed by atoms with Crippen molar-refractivity contribution in [3.8, 4) is 0 Å². The summed E-state index contributed by atoms with van der Waals surface area (Å²) in [5.74, 6) is 1.87. The molecule has 2 heterocycles. The lowest BCUT2D eigenvalue weighted by atomic mass is 9.74. The highest BCUT2D eigenvalue weighted by Gasteiger charge is 2.43. The van der Waals surface area contributed by atoms with Gasteiger partial charge in [-0.05, 0) is 51.1 Å². The molecule has 0 amide bonds. The van der Waals surface area contributed by atoms with Gasteiger partial charge in [0.25, 0.3) is 0 Å². The number of fused-ring (bicyclic) bond motifs is 1. The first-order valence-corrected chi connectivity index (χ1v) is 8.74. The zero-order valence-corrected chi connectivity index (χ0v) is 13.3. The maximum atomic E-state index is 3.71. The van der Waals surface area contributed by atoms with E-state index in [2.05, 4.69) is 31.0 Å². The summed E-state index contributed by atoms with van der Waals surface area (Å²) in [5.41, 5.74) is 0. The number of likely N-dealkylation sites (tertiary alicyclic amines) is 1. The van der Waals surface area contributed by atoms with E-state index < -0.39 is 0 Å². The van der Waals surface area contributed by atoms with Gasteiger partial charge in [0.05, 0.1) is 0 Å². The summed E-state index contributed by atoms with van der Waals surface area (Å²) >= 11 is 0. The van der Waals surface area contributed by atoms with Crippen molar-refractivity contribution in [2.75, 3.05) is 19.6 Å². The van der Waals surface area contributed by atoms with Crippen LogP contribution >= 0.6 is 0 Å². The molecular formula is C17H34N2. The Balaban J connectivity index is 1.97. The van der Waals surface area contributed by atoms with E-state index in [0.29, 0.717) is 0 Å². The monoisotopic (exact) mass is 266 g/mol. The van der Waals surface area contributed by atoms with Crippen LogP contribution in [0.3, 0.4) is 0 Å². The molecule has 0 aromatic carbocycles. The molecule has 4 atom stereocenters. The predicted octanol–water partition coefficient (Wildman–Crippen LogP) is 3.67. The zero-order valence-electron chi connectivity index (χ0n) is 13.3. The minimum Gasteiger partial charge on any atom is -0.316 e. The van der Waals surface area contributed by atoms with E-state index in [1.165, 1.54) is 64.6 Å². The van der Waals surface area contributed by atoms with Crippen molar-refractivity contribution in [3.05, 3.63) is 0 Å². The maximum absolute atomic E-state index is 3.71. The highest BCUT2D eigenvalue weighted by molar-refractivity contribution is 4.97. The molecule has 2 aliphatic rings. The van der Waals surface area contributed by atoms with E-state index in [1.807, 2.05) is 0 Å². The van der Waals surface area contributed by atoms with Crippen LogP contribution in [0.5, 0.6) is 0 Å². The van der Waals surface area contributed by atoms with E-state index in [4.69, 9.17) is 0 Å². The maximum Gasteiger partial charge on any atom is 0.0142 e. The molecular weight excluding hydrogens is 232 g/mol. The van der Waals surface area contributed by atoms with Crippen LogP contribution in [-0.2, 0) is 0 Å². The van der Waals surface area contributed by atoms with Crippen LogP contribution in [0.25, 0.3) is 0 Å². The first-order valence-electron chi connectivity index (χ1n) is 8.74. The van der Waals surface area contributed by atoms with E-state index >= 15 is 0 Å². The minimum atomic E-state index is 0.789. The highest BCUT2D eigenvalue weighted by Crippen LogP contribution is 2.38. The van der Waals surface area contributed by atoms with Crippen molar-refractivity contribution < 1.29 is 0 Å². The summed E-state index contributed by atoms with van der Waals surface area (Å²) in [7, 11) is 0. The molecule has 19 heavy (non-hydrogen) atoms. The largest absolute Gasteiger partial charge is 0.316 e. The lowest BCUT2D eigenvalue weighted by Gasteiger charge is -2.54. The fourth-order valence-corrected chi connectivity index (χ4v) is 4.04. The summed E-state index contributed by atoms with van der Waals surface area (Å²) in [6, 6.07) is 1.68. The van der Waals surface area contributed by atoms with Gasteiger partial charge < -0.3 is 5.32 Å². The molecule has 0 aromatic rings. The Kier molecular flexibility index (Phi) is 6.15. The van der Waals surface area contributed by atoms with E-state index in [1.54, 1.807) is 0 Å². The quantitative estimate of drug-likeness (QED) is 0.838. The minimum absolute atomic E-state index is 0.789. The Morgan fingerprint density at radius 2 is 1.95 bits per heavy atom. The molecule has 2 rings (SSSR count). The van der Waals surface area contributed by atoms with Crippen molar-refractivity contribution >= 4 is 0 Å². The van der Waals surface area contributed by atoms with Gasteiger partial charge in [-0.3, -0.25) is 4.90 Å². The topological polar surface area (TPSA) is 15.3 Å². The highest BCUT2D eigenvalue weighted by atomic mass is 15.3. The SMILES string of the molecule is CCC1CNCCCCCCC2C1CN2C(C)CC. The normalized spacial score (nSPS) is 35.8. The smallest absolute Gasteiger partial charge is 0.0142 e. The third-order valence-electron chi connectivity index (χ3n) is 5.64. The van der Waals surface area contributed by atoms with Crippen LogP contribution in [-0.4, -0.2) is 36.6 Å². The van der Waals surface area contributed by atoms with Gasteiger partial charge in [-0.15, -0.1) is 0 Å². The van der Waals surface area contributed by atoms with Crippen molar-refractivity contribution in [3.63, 3.8) is 0 Å². The van der Waals surface area contributed by atoms with Crippen molar-refractivity contribution in [1.29, 1.82) is 0 Å². The Bertz CT molecular complexity index is 254. The summed E-state index contributed by atoms with van der Waals surface area (Å²) in [6.45, 7) is 11.0. The number of rotatable bonds is 3. The lowest BCUT2D eigenvalue weighted by Crippen LogP contribution is -2.62. The number of hydrogen-bond acceptors (Lipinski definition) is 2. The second-order valence-corrected chi connectivity index (χ2v) is 6.76. The number of nitrogens with one attached hydrogen (secondary N) is 1. The summed E-state index contributed by atoms with van der Waals surface area (Å²) in [5, 5.41) is 3.71. The molecule has 112 valence electrons. The molecule has 0 aromatic heterocycles. The average Bonchev–Trinajstić information content (AvgIpc) is 2.44. The molecule has 0 spiro atoms. The molecule has 0 saturated carbocycles. The van der Waals surface area contributed by atoms with Gasteiger partial charge in [-0.2, -0.15) is 0 Å². The molecule has 0 radical (unpaired) electrons. The van der Waals surface area contributed by atoms with Crippen LogP contribution in [0.4, 0.5) is 0 Å². The standard InChI is InChI=1S/C17H34N2/c1-4-14(3)19-13-16-15(5-2)12-18-11-9-7-6-8-10-17(16)19/h14-18H,4-13H2,1-3H3. The van der Waals surface area contributed by atoms with Crippen molar-refractivity contribution in [2.24, 2.45) is 11.8 Å². The van der Waals surface area contributed by atoms with Gasteiger partial charge in [0.1, 0.15) is 0 Å². The van der Waals surface area contributed by atoms with Gasteiger partial charge in [0.2, 0.25) is 0 Å². The van der Waals surface area contributed by atoms with Crippen LogP contribution in [0, 0.1) is 11.8 Å². The van der Waals surface area contributed by atoms with E-state index in [-0.39, 0.29) is 0 Å².